The highest BCUT2D eigenvalue weighted by Gasteiger charge is 2.19. The van der Waals surface area contributed by atoms with Crippen molar-refractivity contribution < 1.29 is 9.52 Å². The quantitative estimate of drug-likeness (QED) is 0.914. The van der Waals surface area contributed by atoms with E-state index in [1.54, 1.807) is 17.1 Å². The third kappa shape index (κ3) is 3.20. The van der Waals surface area contributed by atoms with Gasteiger partial charge in [-0.1, -0.05) is 32.9 Å². The Hall–Kier alpha value is -1.69. The van der Waals surface area contributed by atoms with Gasteiger partial charge in [-0.2, -0.15) is 0 Å². The highest BCUT2D eigenvalue weighted by molar-refractivity contribution is 5.06. The summed E-state index contributed by atoms with van der Waals surface area (Å²) in [4.78, 5) is 4.23. The smallest absolute Gasteiger partial charge is 0.216 e. The van der Waals surface area contributed by atoms with E-state index in [0.29, 0.717) is 24.6 Å². The number of aromatic nitrogens is 4. The van der Waals surface area contributed by atoms with Gasteiger partial charge in [0.2, 0.25) is 5.89 Å². The first-order valence-electron chi connectivity index (χ1n) is 6.43. The number of rotatable bonds is 4. The first kappa shape index (κ1) is 13.7. The number of aliphatic hydroxyl groups is 1. The molecule has 0 aliphatic rings. The molecule has 1 N–H and O–H groups in total. The van der Waals surface area contributed by atoms with E-state index in [1.165, 1.54) is 0 Å². The molecule has 19 heavy (non-hydrogen) atoms. The summed E-state index contributed by atoms with van der Waals surface area (Å²) in [5, 5.41) is 17.6. The van der Waals surface area contributed by atoms with Gasteiger partial charge in [0, 0.05) is 5.41 Å². The average molecular weight is 264 g/mol. The zero-order valence-electron chi connectivity index (χ0n) is 11.8. The van der Waals surface area contributed by atoms with Crippen LogP contribution in [0.3, 0.4) is 0 Å². The van der Waals surface area contributed by atoms with Gasteiger partial charge >= 0.3 is 0 Å². The van der Waals surface area contributed by atoms with Gasteiger partial charge in [-0.15, -0.1) is 5.10 Å². The Kier molecular flexibility index (Phi) is 3.71. The lowest BCUT2D eigenvalue weighted by Gasteiger charge is -2.13. The predicted molar refractivity (Wildman–Crippen MR) is 69.6 cm³/mol. The molecule has 0 fully saturated rings. The summed E-state index contributed by atoms with van der Waals surface area (Å²) in [5.74, 6) is 1.43. The Balaban J connectivity index is 2.09. The molecule has 0 spiro atoms. The lowest BCUT2D eigenvalue weighted by Crippen LogP contribution is -2.09. The molecule has 1 atom stereocenters. The van der Waals surface area contributed by atoms with Gasteiger partial charge in [-0.3, -0.25) is 0 Å². The van der Waals surface area contributed by atoms with E-state index in [9.17, 15) is 5.11 Å². The maximum absolute atomic E-state index is 9.66. The SMILES string of the molecule is CCC(O)c1cn(Cc2ncc(C(C)(C)C)o2)nn1. The lowest BCUT2D eigenvalue weighted by molar-refractivity contribution is 0.168. The van der Waals surface area contributed by atoms with Gasteiger partial charge < -0.3 is 9.52 Å². The molecule has 2 heterocycles. The summed E-state index contributed by atoms with van der Waals surface area (Å²) in [6.07, 6.45) is 3.51. The third-order valence-electron chi connectivity index (χ3n) is 2.87. The molecule has 6 heteroatoms. The van der Waals surface area contributed by atoms with E-state index >= 15 is 0 Å². The number of aliphatic hydroxyl groups excluding tert-OH is 1. The number of nitrogens with zero attached hydrogens (tertiary/aromatic N) is 4. The molecular weight excluding hydrogens is 244 g/mol. The molecule has 0 aliphatic heterocycles. The van der Waals surface area contributed by atoms with E-state index in [4.69, 9.17) is 4.42 Å². The number of oxazole rings is 1. The second-order valence-electron chi connectivity index (χ2n) is 5.63. The fourth-order valence-corrected chi connectivity index (χ4v) is 1.62. The molecule has 0 aromatic carbocycles. The van der Waals surface area contributed by atoms with Gasteiger partial charge in [-0.25, -0.2) is 9.67 Å². The van der Waals surface area contributed by atoms with Crippen LogP contribution >= 0.6 is 0 Å². The Bertz CT molecular complexity index is 539. The molecule has 2 rings (SSSR count). The van der Waals surface area contributed by atoms with Crippen LogP contribution in [0.2, 0.25) is 0 Å². The van der Waals surface area contributed by atoms with Crippen molar-refractivity contribution in [1.29, 1.82) is 0 Å². The van der Waals surface area contributed by atoms with Crippen LogP contribution in [0.5, 0.6) is 0 Å². The summed E-state index contributed by atoms with van der Waals surface area (Å²) < 4.78 is 7.30. The van der Waals surface area contributed by atoms with Crippen LogP contribution in [0.25, 0.3) is 0 Å². The van der Waals surface area contributed by atoms with E-state index in [2.05, 4.69) is 36.1 Å². The minimum Gasteiger partial charge on any atom is -0.443 e. The van der Waals surface area contributed by atoms with Gasteiger partial charge in [0.05, 0.1) is 18.5 Å². The van der Waals surface area contributed by atoms with Gasteiger partial charge in [0.1, 0.15) is 18.0 Å². The van der Waals surface area contributed by atoms with E-state index in [0.717, 1.165) is 5.76 Å². The highest BCUT2D eigenvalue weighted by atomic mass is 16.4. The minimum absolute atomic E-state index is 0.0584. The van der Waals surface area contributed by atoms with Crippen LogP contribution in [0.15, 0.2) is 16.8 Å². The summed E-state index contributed by atoms with van der Waals surface area (Å²) in [7, 11) is 0. The molecular formula is C13H20N4O2. The molecule has 104 valence electrons. The van der Waals surface area contributed by atoms with Crippen molar-refractivity contribution in [2.45, 2.75) is 52.2 Å². The summed E-state index contributed by atoms with van der Waals surface area (Å²) in [6.45, 7) is 8.53. The topological polar surface area (TPSA) is 77.0 Å². The van der Waals surface area contributed by atoms with E-state index in [-0.39, 0.29) is 5.41 Å². The van der Waals surface area contributed by atoms with Gasteiger partial charge in [0.15, 0.2) is 0 Å². The van der Waals surface area contributed by atoms with Crippen molar-refractivity contribution >= 4 is 0 Å². The van der Waals surface area contributed by atoms with Crippen molar-refractivity contribution in [3.05, 3.63) is 29.7 Å². The lowest BCUT2D eigenvalue weighted by atomic mass is 9.94. The van der Waals surface area contributed by atoms with E-state index < -0.39 is 6.10 Å². The zero-order chi connectivity index (χ0) is 14.0. The highest BCUT2D eigenvalue weighted by Crippen LogP contribution is 2.23. The normalized spacial score (nSPS) is 13.7. The van der Waals surface area contributed by atoms with Gasteiger partial charge in [0.25, 0.3) is 0 Å². The van der Waals surface area contributed by atoms with Crippen LogP contribution < -0.4 is 0 Å². The largest absolute Gasteiger partial charge is 0.443 e. The number of hydrogen-bond donors (Lipinski definition) is 1. The minimum atomic E-state index is -0.566. The summed E-state index contributed by atoms with van der Waals surface area (Å²) in [6, 6.07) is 0. The van der Waals surface area contributed by atoms with Crippen LogP contribution in [-0.4, -0.2) is 25.1 Å². The zero-order valence-corrected chi connectivity index (χ0v) is 11.8. The predicted octanol–water partition coefficient (Wildman–Crippen LogP) is 2.06. The molecule has 0 aliphatic carbocycles. The first-order chi connectivity index (χ1) is 8.90. The molecule has 2 aromatic rings. The molecule has 0 saturated carbocycles. The van der Waals surface area contributed by atoms with Crippen molar-refractivity contribution in [1.82, 2.24) is 20.0 Å². The van der Waals surface area contributed by atoms with Crippen LogP contribution in [0.1, 0.15) is 57.6 Å². The molecule has 0 bridgehead atoms. The Labute approximate surface area is 112 Å². The van der Waals surface area contributed by atoms with Gasteiger partial charge in [-0.05, 0) is 6.42 Å². The Morgan fingerprint density at radius 3 is 2.74 bits per heavy atom. The second kappa shape index (κ2) is 5.13. The summed E-state index contributed by atoms with van der Waals surface area (Å²) >= 11 is 0. The van der Waals surface area contributed by atoms with Crippen molar-refractivity contribution in [3.63, 3.8) is 0 Å². The average Bonchev–Trinajstić information content (AvgIpc) is 2.97. The fourth-order valence-electron chi connectivity index (χ4n) is 1.62. The first-order valence-corrected chi connectivity index (χ1v) is 6.43. The maximum atomic E-state index is 9.66. The van der Waals surface area contributed by atoms with Crippen molar-refractivity contribution in [2.24, 2.45) is 0 Å². The molecule has 0 radical (unpaired) electrons. The molecule has 6 nitrogen and oxygen atoms in total. The van der Waals surface area contributed by atoms with Crippen molar-refractivity contribution in [3.8, 4) is 0 Å². The molecule has 0 saturated heterocycles. The molecule has 0 amide bonds. The monoisotopic (exact) mass is 264 g/mol. The van der Waals surface area contributed by atoms with Crippen LogP contribution in [-0.2, 0) is 12.0 Å². The third-order valence-corrected chi connectivity index (χ3v) is 2.87. The summed E-state index contributed by atoms with van der Waals surface area (Å²) in [5.41, 5.74) is 0.516. The Morgan fingerprint density at radius 1 is 1.42 bits per heavy atom. The molecule has 1 unspecified atom stereocenters. The standard InChI is InChI=1S/C13H20N4O2/c1-5-10(18)9-7-17(16-15-9)8-12-14-6-11(19-12)13(2,3)4/h6-7,10,18H,5,8H2,1-4H3. The second-order valence-corrected chi connectivity index (χ2v) is 5.63. The van der Waals surface area contributed by atoms with Crippen LogP contribution in [0.4, 0.5) is 0 Å². The van der Waals surface area contributed by atoms with E-state index in [1.807, 2.05) is 6.92 Å². The Morgan fingerprint density at radius 2 is 2.16 bits per heavy atom. The maximum Gasteiger partial charge on any atom is 0.216 e. The molecule has 2 aromatic heterocycles. The van der Waals surface area contributed by atoms with Crippen LogP contribution in [0, 0.1) is 0 Å². The number of hydrogen-bond acceptors (Lipinski definition) is 5. The van der Waals surface area contributed by atoms with Crippen molar-refractivity contribution in [2.75, 3.05) is 0 Å². The fraction of sp³-hybridized carbons (Fsp3) is 0.615.